The molecule has 0 unspecified atom stereocenters. The van der Waals surface area contributed by atoms with E-state index in [4.69, 9.17) is 5.11 Å². The molecular weight excluding hydrogens is 532 g/mol. The van der Waals surface area contributed by atoms with Crippen molar-refractivity contribution in [2.75, 3.05) is 31.5 Å². The summed E-state index contributed by atoms with van der Waals surface area (Å²) in [5.41, 5.74) is 4.23. The molecule has 41 heavy (non-hydrogen) atoms. The van der Waals surface area contributed by atoms with Gasteiger partial charge in [0.2, 0.25) is 0 Å². The molecule has 1 aliphatic heterocycles. The molecule has 4 aromatic rings. The lowest BCUT2D eigenvalue weighted by Crippen LogP contribution is -2.38. The fourth-order valence-electron chi connectivity index (χ4n) is 5.42. The number of nitrogens with zero attached hydrogens (tertiary/aromatic N) is 2. The number of piperidine rings is 1. The number of carbonyl (C=O) groups is 2. The number of carbonyl (C=O) groups excluding carboxylic acids is 1. The van der Waals surface area contributed by atoms with Gasteiger partial charge in [-0.3, -0.25) is 5.32 Å². The molecule has 1 aromatic heterocycles. The lowest BCUT2D eigenvalue weighted by molar-refractivity contribution is 0.0697. The summed E-state index contributed by atoms with van der Waals surface area (Å²) in [6, 6.07) is 27.5. The molecule has 0 bridgehead atoms. The maximum atomic E-state index is 13.6. The minimum atomic E-state index is -0.964. The number of anilines is 1. The Bertz CT molecular complexity index is 1360. The number of carboxylic acid groups (broad SMARTS) is 1. The fraction of sp³-hybridized carbons (Fsp3) is 0.303. The van der Waals surface area contributed by atoms with Crippen molar-refractivity contribution in [2.24, 2.45) is 5.92 Å². The van der Waals surface area contributed by atoms with Crippen LogP contribution >= 0.6 is 11.3 Å². The molecule has 2 amide bonds. The molecule has 5 rings (SSSR count). The van der Waals surface area contributed by atoms with E-state index in [0.717, 1.165) is 44.3 Å². The lowest BCUT2D eigenvalue weighted by Gasteiger charge is -2.29. The second-order valence-electron chi connectivity index (χ2n) is 10.5. The maximum Gasteiger partial charge on any atom is 0.335 e. The summed E-state index contributed by atoms with van der Waals surface area (Å²) in [6.07, 6.45) is 4.08. The van der Waals surface area contributed by atoms with E-state index >= 15 is 0 Å². The summed E-state index contributed by atoms with van der Waals surface area (Å²) >= 11 is 1.37. The smallest absolute Gasteiger partial charge is 0.335 e. The summed E-state index contributed by atoms with van der Waals surface area (Å²) in [4.78, 5) is 31.4. The number of hydrogen-bond donors (Lipinski definition) is 3. The Labute approximate surface area is 245 Å². The van der Waals surface area contributed by atoms with Crippen LogP contribution in [0.1, 0.15) is 53.1 Å². The van der Waals surface area contributed by atoms with Gasteiger partial charge in [0.25, 0.3) is 0 Å². The molecule has 0 atom stereocenters. The van der Waals surface area contributed by atoms with Crippen LogP contribution in [0.5, 0.6) is 0 Å². The number of aromatic carboxylic acids is 1. The second-order valence-corrected chi connectivity index (χ2v) is 11.3. The van der Waals surface area contributed by atoms with Crippen LogP contribution < -0.4 is 10.6 Å². The highest BCUT2D eigenvalue weighted by Crippen LogP contribution is 2.29. The molecular formula is C33H36N4O3S. The second kappa shape index (κ2) is 14.1. The van der Waals surface area contributed by atoms with E-state index < -0.39 is 5.97 Å². The minimum absolute atomic E-state index is 0.138. The van der Waals surface area contributed by atoms with Crippen LogP contribution in [-0.4, -0.2) is 53.2 Å². The van der Waals surface area contributed by atoms with Crippen molar-refractivity contribution in [1.29, 1.82) is 0 Å². The average Bonchev–Trinajstić information content (AvgIpc) is 3.48. The van der Waals surface area contributed by atoms with E-state index in [0.29, 0.717) is 29.8 Å². The Morgan fingerprint density at radius 1 is 0.927 bits per heavy atom. The summed E-state index contributed by atoms with van der Waals surface area (Å²) in [5, 5.41) is 18.0. The molecule has 0 aliphatic carbocycles. The van der Waals surface area contributed by atoms with Crippen LogP contribution in [0.4, 0.5) is 9.93 Å². The summed E-state index contributed by atoms with van der Waals surface area (Å²) in [5.74, 6) is -0.160. The quantitative estimate of drug-likeness (QED) is 0.182. The monoisotopic (exact) mass is 568 g/mol. The molecule has 7 nitrogen and oxygen atoms in total. The van der Waals surface area contributed by atoms with Crippen LogP contribution in [0, 0.1) is 5.92 Å². The van der Waals surface area contributed by atoms with Gasteiger partial charge in [0, 0.05) is 30.0 Å². The van der Waals surface area contributed by atoms with Crippen LogP contribution in [0.25, 0.3) is 11.3 Å². The van der Waals surface area contributed by atoms with Crippen LogP contribution in [0.3, 0.4) is 0 Å². The van der Waals surface area contributed by atoms with E-state index in [1.165, 1.54) is 22.5 Å². The SMILES string of the molecule is O=C(O)c1ccc(-c2csc(NC(=O)N(CCC3CCNCC3)CCC(c3ccccc3)c3ccccc3)n2)cc1. The van der Waals surface area contributed by atoms with Gasteiger partial charge in [0.1, 0.15) is 0 Å². The predicted molar refractivity (Wildman–Crippen MR) is 165 cm³/mol. The number of amides is 2. The zero-order chi connectivity index (χ0) is 28.4. The number of rotatable bonds is 11. The highest BCUT2D eigenvalue weighted by Gasteiger charge is 2.22. The first-order chi connectivity index (χ1) is 20.1. The fourth-order valence-corrected chi connectivity index (χ4v) is 6.13. The third-order valence-corrected chi connectivity index (χ3v) is 8.55. The Hall–Kier alpha value is -4.01. The predicted octanol–water partition coefficient (Wildman–Crippen LogP) is 6.95. The summed E-state index contributed by atoms with van der Waals surface area (Å²) in [6.45, 7) is 3.40. The lowest BCUT2D eigenvalue weighted by atomic mass is 9.88. The van der Waals surface area contributed by atoms with Gasteiger partial charge < -0.3 is 15.3 Å². The molecule has 0 radical (unpaired) electrons. The van der Waals surface area contributed by atoms with E-state index in [1.54, 1.807) is 24.3 Å². The number of thiazole rings is 1. The van der Waals surface area contributed by atoms with Crippen molar-refractivity contribution < 1.29 is 14.7 Å². The number of urea groups is 1. The van der Waals surface area contributed by atoms with Gasteiger partial charge in [-0.15, -0.1) is 11.3 Å². The van der Waals surface area contributed by atoms with Crippen LogP contribution in [-0.2, 0) is 0 Å². The van der Waals surface area contributed by atoms with E-state index in [9.17, 15) is 9.59 Å². The molecule has 2 heterocycles. The minimum Gasteiger partial charge on any atom is -0.478 e. The normalized spacial score (nSPS) is 13.7. The van der Waals surface area contributed by atoms with Crippen LogP contribution in [0.2, 0.25) is 0 Å². The van der Waals surface area contributed by atoms with Crippen LogP contribution in [0.15, 0.2) is 90.3 Å². The average molecular weight is 569 g/mol. The number of nitrogens with one attached hydrogen (secondary N) is 2. The van der Waals surface area contributed by atoms with Gasteiger partial charge in [-0.25, -0.2) is 14.6 Å². The van der Waals surface area contributed by atoms with Crippen molar-refractivity contribution >= 4 is 28.5 Å². The van der Waals surface area contributed by atoms with Gasteiger partial charge in [-0.2, -0.15) is 0 Å². The van der Waals surface area contributed by atoms with Crippen molar-refractivity contribution in [3.8, 4) is 11.3 Å². The molecule has 212 valence electrons. The molecule has 1 aliphatic rings. The van der Waals surface area contributed by atoms with Gasteiger partial charge in [-0.1, -0.05) is 72.8 Å². The number of aromatic nitrogens is 1. The molecule has 3 aromatic carbocycles. The van der Waals surface area contributed by atoms with E-state index in [1.807, 2.05) is 22.4 Å². The molecule has 1 fully saturated rings. The van der Waals surface area contributed by atoms with E-state index in [2.05, 4.69) is 64.1 Å². The molecule has 8 heteroatoms. The number of hydrogen-bond acceptors (Lipinski definition) is 5. The first-order valence-electron chi connectivity index (χ1n) is 14.2. The first-order valence-corrected chi connectivity index (χ1v) is 15.1. The zero-order valence-corrected chi connectivity index (χ0v) is 23.9. The third-order valence-electron chi connectivity index (χ3n) is 7.79. The molecule has 0 spiro atoms. The largest absolute Gasteiger partial charge is 0.478 e. The number of benzene rings is 3. The molecule has 3 N–H and O–H groups in total. The third kappa shape index (κ3) is 7.80. The summed E-state index contributed by atoms with van der Waals surface area (Å²) < 4.78 is 0. The highest BCUT2D eigenvalue weighted by molar-refractivity contribution is 7.14. The van der Waals surface area contributed by atoms with Gasteiger partial charge in [0.05, 0.1) is 11.3 Å². The number of carboxylic acids is 1. The van der Waals surface area contributed by atoms with Crippen molar-refractivity contribution in [1.82, 2.24) is 15.2 Å². The van der Waals surface area contributed by atoms with Gasteiger partial charge in [-0.05, 0) is 68.0 Å². The zero-order valence-electron chi connectivity index (χ0n) is 23.0. The Morgan fingerprint density at radius 3 is 2.17 bits per heavy atom. The van der Waals surface area contributed by atoms with E-state index in [-0.39, 0.29) is 17.5 Å². The molecule has 0 saturated carbocycles. The Balaban J connectivity index is 1.30. The van der Waals surface area contributed by atoms with Gasteiger partial charge >= 0.3 is 12.0 Å². The standard InChI is InChI=1S/C33H36N4O3S/c38-31(39)28-13-11-27(12-14-28)30-23-41-32(35-30)36-33(40)37(21-17-24-15-19-34-20-16-24)22-18-29(25-7-3-1-4-8-25)26-9-5-2-6-10-26/h1-14,23-24,29,34H,15-22H2,(H,38,39)(H,35,36,40). The molecule has 1 saturated heterocycles. The topological polar surface area (TPSA) is 94.6 Å². The maximum absolute atomic E-state index is 13.6. The van der Waals surface area contributed by atoms with Crippen molar-refractivity contribution in [3.63, 3.8) is 0 Å². The highest BCUT2D eigenvalue weighted by atomic mass is 32.1. The summed E-state index contributed by atoms with van der Waals surface area (Å²) in [7, 11) is 0. The van der Waals surface area contributed by atoms with Crippen molar-refractivity contribution in [2.45, 2.75) is 31.6 Å². The Kier molecular flexibility index (Phi) is 9.78. The Morgan fingerprint density at radius 2 is 1.56 bits per heavy atom. The first kappa shape index (κ1) is 28.5. The van der Waals surface area contributed by atoms with Gasteiger partial charge in [0.15, 0.2) is 5.13 Å². The van der Waals surface area contributed by atoms with Crippen molar-refractivity contribution in [3.05, 3.63) is 107 Å².